The van der Waals surface area contributed by atoms with Crippen molar-refractivity contribution in [3.05, 3.63) is 27.0 Å². The Morgan fingerprint density at radius 1 is 1.45 bits per heavy atom. The molecule has 2 rings (SSSR count). The van der Waals surface area contributed by atoms with Crippen molar-refractivity contribution in [2.24, 2.45) is 5.84 Å². The summed E-state index contributed by atoms with van der Waals surface area (Å²) in [5, 5.41) is 9.30. The Labute approximate surface area is 127 Å². The van der Waals surface area contributed by atoms with Crippen molar-refractivity contribution in [3.8, 4) is 0 Å². The zero-order chi connectivity index (χ0) is 14.7. The minimum atomic E-state index is -0.0563. The van der Waals surface area contributed by atoms with Gasteiger partial charge in [-0.05, 0) is 31.8 Å². The maximum Gasteiger partial charge on any atom is 0.0850 e. The van der Waals surface area contributed by atoms with Crippen molar-refractivity contribution in [3.63, 3.8) is 0 Å². The van der Waals surface area contributed by atoms with Gasteiger partial charge in [-0.25, -0.2) is 0 Å². The highest BCUT2D eigenvalue weighted by molar-refractivity contribution is 7.05. The van der Waals surface area contributed by atoms with Crippen LogP contribution in [0.5, 0.6) is 0 Å². The van der Waals surface area contributed by atoms with E-state index in [1.807, 2.05) is 18.5 Å². The monoisotopic (exact) mass is 314 g/mol. The number of nitrogens with one attached hydrogen (secondary N) is 1. The van der Waals surface area contributed by atoms with E-state index in [1.54, 1.807) is 0 Å². The zero-order valence-electron chi connectivity index (χ0n) is 11.9. The number of aromatic nitrogens is 4. The van der Waals surface area contributed by atoms with Gasteiger partial charge in [-0.3, -0.25) is 16.0 Å². The topological polar surface area (TPSA) is 81.7 Å². The number of halogens is 1. The third-order valence-corrected chi connectivity index (χ3v) is 4.67. The normalized spacial score (nSPS) is 12.8. The van der Waals surface area contributed by atoms with Crippen LogP contribution < -0.4 is 11.3 Å². The molecule has 8 heteroatoms. The highest BCUT2D eigenvalue weighted by Gasteiger charge is 2.22. The molecule has 0 aliphatic heterocycles. The van der Waals surface area contributed by atoms with Crippen LogP contribution in [-0.4, -0.2) is 19.4 Å². The summed E-state index contributed by atoms with van der Waals surface area (Å²) in [6.07, 6.45) is 1.49. The van der Waals surface area contributed by atoms with Crippen LogP contribution >= 0.6 is 23.1 Å². The Bertz CT molecular complexity index is 579. The number of nitrogens with two attached hydrogens (primary N) is 1. The Hall–Kier alpha value is -1.02. The number of aryl methyl sites for hydroxylation is 3. The second kappa shape index (κ2) is 6.62. The van der Waals surface area contributed by atoms with Crippen molar-refractivity contribution in [2.75, 3.05) is 0 Å². The summed E-state index contributed by atoms with van der Waals surface area (Å²) in [7, 11) is 0. The fraction of sp³-hybridized carbons (Fsp3) is 0.583. The van der Waals surface area contributed by atoms with Crippen LogP contribution in [0.3, 0.4) is 0 Å². The van der Waals surface area contributed by atoms with Crippen LogP contribution in [0.15, 0.2) is 0 Å². The molecule has 0 spiro atoms. The summed E-state index contributed by atoms with van der Waals surface area (Å²) >= 11 is 7.79. The van der Waals surface area contributed by atoms with Gasteiger partial charge in [0.1, 0.15) is 0 Å². The molecule has 20 heavy (non-hydrogen) atoms. The van der Waals surface area contributed by atoms with E-state index in [0.29, 0.717) is 6.42 Å². The second-order valence-electron chi connectivity index (χ2n) is 4.52. The van der Waals surface area contributed by atoms with Crippen LogP contribution in [-0.2, 0) is 19.4 Å². The minimum Gasteiger partial charge on any atom is -0.271 e. The third-order valence-electron chi connectivity index (χ3n) is 3.30. The Morgan fingerprint density at radius 2 is 2.20 bits per heavy atom. The van der Waals surface area contributed by atoms with Gasteiger partial charge in [-0.1, -0.05) is 23.0 Å². The van der Waals surface area contributed by atoms with Crippen molar-refractivity contribution in [1.29, 1.82) is 0 Å². The second-order valence-corrected chi connectivity index (χ2v) is 5.69. The quantitative estimate of drug-likeness (QED) is 0.630. The maximum absolute atomic E-state index is 6.43. The number of nitrogens with zero attached hydrogens (tertiary/aromatic N) is 4. The van der Waals surface area contributed by atoms with E-state index < -0.39 is 0 Å². The molecule has 0 aromatic carbocycles. The van der Waals surface area contributed by atoms with E-state index >= 15 is 0 Å². The molecule has 2 heterocycles. The molecule has 0 aliphatic carbocycles. The Balaban J connectivity index is 2.32. The molecule has 0 fully saturated rings. The van der Waals surface area contributed by atoms with Gasteiger partial charge in [0, 0.05) is 13.0 Å². The van der Waals surface area contributed by atoms with Crippen LogP contribution in [0.4, 0.5) is 0 Å². The molecular formula is C12H19ClN6S. The van der Waals surface area contributed by atoms with E-state index in [9.17, 15) is 0 Å². The van der Waals surface area contributed by atoms with Gasteiger partial charge in [-0.2, -0.15) is 5.10 Å². The lowest BCUT2D eigenvalue weighted by molar-refractivity contribution is 0.520. The van der Waals surface area contributed by atoms with Crippen LogP contribution in [0.25, 0.3) is 0 Å². The predicted molar refractivity (Wildman–Crippen MR) is 80.7 cm³/mol. The molecule has 0 amide bonds. The summed E-state index contributed by atoms with van der Waals surface area (Å²) < 4.78 is 5.90. The van der Waals surface area contributed by atoms with E-state index in [2.05, 4.69) is 27.0 Å². The fourth-order valence-corrected chi connectivity index (χ4v) is 3.24. The summed E-state index contributed by atoms with van der Waals surface area (Å²) in [6, 6.07) is -0.0563. The molecule has 0 saturated carbocycles. The van der Waals surface area contributed by atoms with Gasteiger partial charge in [-0.15, -0.1) is 5.10 Å². The Morgan fingerprint density at radius 3 is 2.70 bits per heavy atom. The average molecular weight is 315 g/mol. The van der Waals surface area contributed by atoms with Crippen molar-refractivity contribution < 1.29 is 0 Å². The maximum atomic E-state index is 6.43. The molecular weight excluding hydrogens is 296 g/mol. The summed E-state index contributed by atoms with van der Waals surface area (Å²) in [6.45, 7) is 6.82. The highest BCUT2D eigenvalue weighted by atomic mass is 35.5. The molecule has 0 bridgehead atoms. The first-order valence-corrected chi connectivity index (χ1v) is 7.76. The first-order chi connectivity index (χ1) is 9.62. The summed E-state index contributed by atoms with van der Waals surface area (Å²) in [4.78, 5) is 1.03. The SMILES string of the molecule is CCc1nn(CC)c(CC(NN)c2snnc2C)c1Cl. The molecule has 110 valence electrons. The van der Waals surface area contributed by atoms with Gasteiger partial charge in [0.15, 0.2) is 0 Å². The average Bonchev–Trinajstić information content (AvgIpc) is 3.00. The smallest absolute Gasteiger partial charge is 0.0850 e. The summed E-state index contributed by atoms with van der Waals surface area (Å²) in [5.41, 5.74) is 5.66. The van der Waals surface area contributed by atoms with E-state index in [1.165, 1.54) is 11.5 Å². The van der Waals surface area contributed by atoms with Gasteiger partial charge in [0.2, 0.25) is 0 Å². The van der Waals surface area contributed by atoms with Crippen LogP contribution in [0.1, 0.15) is 41.8 Å². The summed E-state index contributed by atoms with van der Waals surface area (Å²) in [5.74, 6) is 5.69. The fourth-order valence-electron chi connectivity index (χ4n) is 2.19. The van der Waals surface area contributed by atoms with Gasteiger partial charge in [0.25, 0.3) is 0 Å². The number of hydrogen-bond donors (Lipinski definition) is 2. The van der Waals surface area contributed by atoms with E-state index in [0.717, 1.165) is 39.9 Å². The third kappa shape index (κ3) is 2.85. The van der Waals surface area contributed by atoms with Gasteiger partial charge < -0.3 is 0 Å². The largest absolute Gasteiger partial charge is 0.271 e. The predicted octanol–water partition coefficient (Wildman–Crippen LogP) is 2.03. The van der Waals surface area contributed by atoms with Crippen LogP contribution in [0, 0.1) is 6.92 Å². The molecule has 0 aliphatic rings. The van der Waals surface area contributed by atoms with Crippen molar-refractivity contribution in [1.82, 2.24) is 24.8 Å². The molecule has 0 radical (unpaired) electrons. The molecule has 3 N–H and O–H groups in total. The standard InChI is InChI=1S/C12H19ClN6S/c1-4-8-11(13)10(19(5-2)17-8)6-9(15-14)12-7(3)16-18-20-12/h9,15H,4-6,14H2,1-3H3. The molecule has 6 nitrogen and oxygen atoms in total. The number of rotatable bonds is 6. The van der Waals surface area contributed by atoms with E-state index in [4.69, 9.17) is 17.4 Å². The minimum absolute atomic E-state index is 0.0563. The molecule has 1 unspecified atom stereocenters. The lowest BCUT2D eigenvalue weighted by Gasteiger charge is -2.15. The highest BCUT2D eigenvalue weighted by Crippen LogP contribution is 2.28. The number of hydrazine groups is 1. The van der Waals surface area contributed by atoms with Gasteiger partial charge >= 0.3 is 0 Å². The van der Waals surface area contributed by atoms with Crippen molar-refractivity contribution >= 4 is 23.1 Å². The molecule has 1 atom stereocenters. The zero-order valence-corrected chi connectivity index (χ0v) is 13.4. The Kier molecular flexibility index (Phi) is 5.09. The lowest BCUT2D eigenvalue weighted by atomic mass is 10.1. The molecule has 2 aromatic rings. The van der Waals surface area contributed by atoms with Gasteiger partial charge in [0.05, 0.1) is 33.0 Å². The van der Waals surface area contributed by atoms with E-state index in [-0.39, 0.29) is 6.04 Å². The van der Waals surface area contributed by atoms with Crippen LogP contribution in [0.2, 0.25) is 5.02 Å². The molecule has 0 saturated heterocycles. The molecule has 2 aromatic heterocycles. The number of hydrogen-bond acceptors (Lipinski definition) is 6. The van der Waals surface area contributed by atoms with Crippen molar-refractivity contribution in [2.45, 2.75) is 46.2 Å². The lowest BCUT2D eigenvalue weighted by Crippen LogP contribution is -2.30. The first kappa shape index (κ1) is 15.4. The first-order valence-electron chi connectivity index (χ1n) is 6.61.